The highest BCUT2D eigenvalue weighted by atomic mass is 19.4. The molecule has 0 saturated carbocycles. The summed E-state index contributed by atoms with van der Waals surface area (Å²) < 4.78 is 79.6. The van der Waals surface area contributed by atoms with Crippen LogP contribution in [0.3, 0.4) is 0 Å². The third kappa shape index (κ3) is 6.45. The summed E-state index contributed by atoms with van der Waals surface area (Å²) in [6.45, 7) is 1.05. The fourth-order valence-electron chi connectivity index (χ4n) is 4.04. The number of alkyl halides is 6. The van der Waals surface area contributed by atoms with Gasteiger partial charge in [0.05, 0.1) is 23.6 Å². The molecule has 3 aromatic rings. The standard InChI is InChI=1S/C25H24F6N4O3/c1-13(35(2)23(38)14-8-15(24(26,27)28)10-16(9-14)25(29,30)31)7-18(22(37)34-12-21(32)36)19-11-33-20-6-4-3-5-17(19)20/h3-6,8-11,13,18,33H,7,12H2,1-2H3,(H2,32,36)(H,34,37). The first kappa shape index (κ1) is 28.5. The number of benzene rings is 2. The number of fused-ring (bicyclic) bond motifs is 1. The number of para-hydroxylation sites is 1. The van der Waals surface area contributed by atoms with Crippen molar-refractivity contribution in [2.45, 2.75) is 37.7 Å². The van der Waals surface area contributed by atoms with Gasteiger partial charge in [-0.25, -0.2) is 0 Å². The molecule has 204 valence electrons. The Morgan fingerprint density at radius 2 is 1.58 bits per heavy atom. The Kier molecular flexibility index (Phi) is 8.08. The number of hydrogen-bond donors (Lipinski definition) is 3. The lowest BCUT2D eigenvalue weighted by atomic mass is 9.90. The molecule has 1 aromatic heterocycles. The van der Waals surface area contributed by atoms with Gasteiger partial charge < -0.3 is 20.9 Å². The SMILES string of the molecule is CC(CC(C(=O)NCC(N)=O)c1c[nH]c2ccccc12)N(C)C(=O)c1cc(C(F)(F)F)cc(C(F)(F)F)c1. The van der Waals surface area contributed by atoms with E-state index in [1.807, 2.05) is 0 Å². The number of aromatic nitrogens is 1. The summed E-state index contributed by atoms with van der Waals surface area (Å²) in [5, 5.41) is 3.09. The summed E-state index contributed by atoms with van der Waals surface area (Å²) >= 11 is 0. The molecule has 0 radical (unpaired) electrons. The maximum Gasteiger partial charge on any atom is 0.416 e. The number of primary amides is 1. The van der Waals surface area contributed by atoms with Crippen LogP contribution in [0, 0.1) is 0 Å². The first-order valence-corrected chi connectivity index (χ1v) is 11.3. The van der Waals surface area contributed by atoms with Crippen LogP contribution >= 0.6 is 0 Å². The van der Waals surface area contributed by atoms with Gasteiger partial charge in [-0.1, -0.05) is 18.2 Å². The number of rotatable bonds is 8. The quantitative estimate of drug-likeness (QED) is 0.366. The number of nitrogens with one attached hydrogen (secondary N) is 2. The van der Waals surface area contributed by atoms with Crippen LogP contribution in [0.1, 0.15) is 46.3 Å². The molecule has 38 heavy (non-hydrogen) atoms. The van der Waals surface area contributed by atoms with Crippen LogP contribution in [0.4, 0.5) is 26.3 Å². The van der Waals surface area contributed by atoms with Crippen LogP contribution in [-0.4, -0.2) is 47.2 Å². The molecule has 2 atom stereocenters. The van der Waals surface area contributed by atoms with Gasteiger partial charge in [-0.05, 0) is 43.2 Å². The fourth-order valence-corrected chi connectivity index (χ4v) is 4.04. The van der Waals surface area contributed by atoms with Crippen molar-refractivity contribution in [3.8, 4) is 0 Å². The molecule has 7 nitrogen and oxygen atoms in total. The average Bonchev–Trinajstić information content (AvgIpc) is 3.27. The maximum atomic E-state index is 13.3. The second-order valence-electron chi connectivity index (χ2n) is 8.82. The highest BCUT2D eigenvalue weighted by Gasteiger charge is 2.38. The van der Waals surface area contributed by atoms with Gasteiger partial charge in [0, 0.05) is 35.8 Å². The van der Waals surface area contributed by atoms with E-state index >= 15 is 0 Å². The molecule has 0 spiro atoms. The van der Waals surface area contributed by atoms with Crippen LogP contribution in [0.2, 0.25) is 0 Å². The highest BCUT2D eigenvalue weighted by Crippen LogP contribution is 2.37. The maximum absolute atomic E-state index is 13.3. The third-order valence-corrected chi connectivity index (χ3v) is 6.14. The van der Waals surface area contributed by atoms with Crippen LogP contribution in [0.5, 0.6) is 0 Å². The third-order valence-electron chi connectivity index (χ3n) is 6.14. The molecular weight excluding hydrogens is 518 g/mol. The summed E-state index contributed by atoms with van der Waals surface area (Å²) in [5.74, 6) is -3.42. The molecule has 0 aliphatic rings. The van der Waals surface area contributed by atoms with E-state index in [0.717, 1.165) is 4.90 Å². The van der Waals surface area contributed by atoms with Crippen molar-refractivity contribution in [1.82, 2.24) is 15.2 Å². The molecule has 0 aliphatic heterocycles. The zero-order valence-corrected chi connectivity index (χ0v) is 20.2. The normalized spacial score (nSPS) is 13.7. The predicted molar refractivity (Wildman–Crippen MR) is 126 cm³/mol. The molecule has 3 amide bonds. The van der Waals surface area contributed by atoms with Gasteiger partial charge in [0.15, 0.2) is 0 Å². The minimum absolute atomic E-state index is 0.0592. The number of H-pyrrole nitrogens is 1. The Morgan fingerprint density at radius 3 is 2.13 bits per heavy atom. The predicted octanol–water partition coefficient (Wildman–Crippen LogP) is 4.44. The minimum Gasteiger partial charge on any atom is -0.368 e. The second kappa shape index (κ2) is 10.8. The van der Waals surface area contributed by atoms with Gasteiger partial charge >= 0.3 is 12.4 Å². The Balaban J connectivity index is 1.94. The lowest BCUT2D eigenvalue weighted by molar-refractivity contribution is -0.143. The molecule has 2 unspecified atom stereocenters. The first-order valence-electron chi connectivity index (χ1n) is 11.3. The van der Waals surface area contributed by atoms with E-state index in [4.69, 9.17) is 5.73 Å². The lowest BCUT2D eigenvalue weighted by Gasteiger charge is -2.29. The zero-order chi connectivity index (χ0) is 28.4. The van der Waals surface area contributed by atoms with Crippen molar-refractivity contribution < 1.29 is 40.7 Å². The van der Waals surface area contributed by atoms with Gasteiger partial charge in [-0.2, -0.15) is 26.3 Å². The van der Waals surface area contributed by atoms with E-state index in [1.165, 1.54) is 14.0 Å². The van der Waals surface area contributed by atoms with Crippen molar-refractivity contribution in [2.24, 2.45) is 5.73 Å². The summed E-state index contributed by atoms with van der Waals surface area (Å²) in [6, 6.07) is 6.85. The van der Waals surface area contributed by atoms with Crippen molar-refractivity contribution in [1.29, 1.82) is 0 Å². The zero-order valence-electron chi connectivity index (χ0n) is 20.2. The summed E-state index contributed by atoms with van der Waals surface area (Å²) in [6.07, 6.45) is -8.71. The fraction of sp³-hybridized carbons (Fsp3) is 0.320. The van der Waals surface area contributed by atoms with Gasteiger partial charge in [0.25, 0.3) is 5.91 Å². The summed E-state index contributed by atoms with van der Waals surface area (Å²) in [4.78, 5) is 41.2. The molecule has 0 bridgehead atoms. The van der Waals surface area contributed by atoms with Crippen molar-refractivity contribution in [3.05, 3.63) is 70.9 Å². The van der Waals surface area contributed by atoms with Crippen molar-refractivity contribution in [3.63, 3.8) is 0 Å². The molecule has 0 aliphatic carbocycles. The number of amides is 3. The number of nitrogens with two attached hydrogens (primary N) is 1. The Morgan fingerprint density at radius 1 is 1.00 bits per heavy atom. The number of hydrogen-bond acceptors (Lipinski definition) is 3. The molecule has 3 rings (SSSR count). The smallest absolute Gasteiger partial charge is 0.368 e. The Labute approximate surface area is 213 Å². The first-order chi connectivity index (χ1) is 17.6. The van der Waals surface area contributed by atoms with Crippen LogP contribution in [-0.2, 0) is 21.9 Å². The molecular formula is C25H24F6N4O3. The Hall–Kier alpha value is -4.03. The van der Waals surface area contributed by atoms with E-state index in [1.54, 1.807) is 30.5 Å². The van der Waals surface area contributed by atoms with Crippen LogP contribution < -0.4 is 11.1 Å². The number of halogens is 6. The number of nitrogens with zero attached hydrogens (tertiary/aromatic N) is 1. The molecule has 1 heterocycles. The van der Waals surface area contributed by atoms with Crippen molar-refractivity contribution in [2.75, 3.05) is 13.6 Å². The van der Waals surface area contributed by atoms with E-state index < -0.39 is 65.3 Å². The van der Waals surface area contributed by atoms with Gasteiger partial charge in [0.2, 0.25) is 11.8 Å². The topological polar surface area (TPSA) is 108 Å². The van der Waals surface area contributed by atoms with Crippen molar-refractivity contribution >= 4 is 28.6 Å². The van der Waals surface area contributed by atoms with Gasteiger partial charge in [-0.15, -0.1) is 0 Å². The lowest BCUT2D eigenvalue weighted by Crippen LogP contribution is -2.41. The largest absolute Gasteiger partial charge is 0.416 e. The molecule has 0 fully saturated rings. The molecule has 13 heteroatoms. The number of carbonyl (C=O) groups is 3. The van der Waals surface area contributed by atoms with E-state index in [-0.39, 0.29) is 12.5 Å². The number of carbonyl (C=O) groups excluding carboxylic acids is 3. The van der Waals surface area contributed by atoms with E-state index in [0.29, 0.717) is 28.6 Å². The summed E-state index contributed by atoms with van der Waals surface area (Å²) in [7, 11) is 1.22. The molecule has 4 N–H and O–H groups in total. The molecule has 2 aromatic carbocycles. The highest BCUT2D eigenvalue weighted by molar-refractivity contribution is 5.95. The molecule has 0 saturated heterocycles. The van der Waals surface area contributed by atoms with E-state index in [9.17, 15) is 40.7 Å². The number of aromatic amines is 1. The Bertz CT molecular complexity index is 1320. The van der Waals surface area contributed by atoms with Gasteiger partial charge in [-0.3, -0.25) is 14.4 Å². The van der Waals surface area contributed by atoms with Crippen LogP contribution in [0.15, 0.2) is 48.7 Å². The average molecular weight is 542 g/mol. The summed E-state index contributed by atoms with van der Waals surface area (Å²) in [5.41, 5.74) is 2.32. The van der Waals surface area contributed by atoms with Crippen LogP contribution in [0.25, 0.3) is 10.9 Å². The monoisotopic (exact) mass is 542 g/mol. The van der Waals surface area contributed by atoms with Gasteiger partial charge in [0.1, 0.15) is 0 Å². The van der Waals surface area contributed by atoms with E-state index in [2.05, 4.69) is 10.3 Å². The minimum atomic E-state index is -5.11. The second-order valence-corrected chi connectivity index (χ2v) is 8.82.